The van der Waals surface area contributed by atoms with Crippen molar-refractivity contribution in [1.29, 1.82) is 0 Å². The van der Waals surface area contributed by atoms with E-state index in [1.165, 1.54) is 19.4 Å². The summed E-state index contributed by atoms with van der Waals surface area (Å²) in [5, 5.41) is 13.1. The molecular weight excluding hydrogens is 215 g/mol. The smallest absolute Gasteiger partial charge is 0.230 e. The monoisotopic (exact) mass is 224 g/mol. The second-order valence-corrected chi connectivity index (χ2v) is 3.11. The van der Waals surface area contributed by atoms with Gasteiger partial charge in [0.2, 0.25) is 5.88 Å². The van der Waals surface area contributed by atoms with Crippen LogP contribution in [0.15, 0.2) is 22.9 Å². The topological polar surface area (TPSA) is 81.5 Å². The van der Waals surface area contributed by atoms with Gasteiger partial charge in [-0.15, -0.1) is 0 Å². The molecule has 84 valence electrons. The number of hydrogen-bond donors (Lipinski definition) is 2. The van der Waals surface area contributed by atoms with E-state index in [9.17, 15) is 9.50 Å². The first-order valence-electron chi connectivity index (χ1n) is 4.40. The Bertz CT molecular complexity index is 502. The Morgan fingerprint density at radius 2 is 2.25 bits per heavy atom. The van der Waals surface area contributed by atoms with Gasteiger partial charge in [-0.1, -0.05) is 5.16 Å². The summed E-state index contributed by atoms with van der Waals surface area (Å²) < 4.78 is 23.1. The molecule has 6 heteroatoms. The van der Waals surface area contributed by atoms with Gasteiger partial charge in [0.1, 0.15) is 17.3 Å². The predicted molar refractivity (Wildman–Crippen MR) is 54.5 cm³/mol. The van der Waals surface area contributed by atoms with Crippen molar-refractivity contribution >= 4 is 5.88 Å². The summed E-state index contributed by atoms with van der Waals surface area (Å²) in [7, 11) is 1.38. The van der Waals surface area contributed by atoms with Crippen LogP contribution in [0.25, 0.3) is 11.1 Å². The second kappa shape index (κ2) is 3.73. The molecule has 16 heavy (non-hydrogen) atoms. The number of anilines is 1. The zero-order chi connectivity index (χ0) is 11.7. The molecule has 0 amide bonds. The molecule has 1 aromatic heterocycles. The van der Waals surface area contributed by atoms with Gasteiger partial charge in [-0.2, -0.15) is 0 Å². The number of phenols is 1. The number of aromatic hydroxyl groups is 1. The maximum absolute atomic E-state index is 13.7. The Kier molecular flexibility index (Phi) is 2.40. The molecule has 0 radical (unpaired) electrons. The molecule has 1 aromatic carbocycles. The summed E-state index contributed by atoms with van der Waals surface area (Å²) in [5.41, 5.74) is 5.59. The molecule has 0 aliphatic rings. The lowest BCUT2D eigenvalue weighted by atomic mass is 10.1. The van der Waals surface area contributed by atoms with Crippen molar-refractivity contribution in [2.75, 3.05) is 12.8 Å². The van der Waals surface area contributed by atoms with Gasteiger partial charge in [0.05, 0.1) is 24.4 Å². The lowest BCUT2D eigenvalue weighted by Crippen LogP contribution is -1.91. The highest BCUT2D eigenvalue weighted by atomic mass is 19.1. The Morgan fingerprint density at radius 1 is 1.50 bits per heavy atom. The molecule has 0 spiro atoms. The number of phenolic OH excluding ortho intramolecular Hbond substituents is 1. The lowest BCUT2D eigenvalue weighted by molar-refractivity contribution is 0.403. The number of benzene rings is 1. The Balaban J connectivity index is 2.62. The molecule has 0 atom stereocenters. The fourth-order valence-electron chi connectivity index (χ4n) is 1.39. The highest BCUT2D eigenvalue weighted by Crippen LogP contribution is 2.37. The van der Waals surface area contributed by atoms with Gasteiger partial charge in [0, 0.05) is 12.1 Å². The molecule has 0 saturated carbocycles. The van der Waals surface area contributed by atoms with Crippen molar-refractivity contribution in [3.05, 3.63) is 24.1 Å². The molecular formula is C10H9FN2O3. The number of methoxy groups -OCH3 is 1. The van der Waals surface area contributed by atoms with Crippen molar-refractivity contribution in [1.82, 2.24) is 5.16 Å². The molecule has 3 N–H and O–H groups in total. The van der Waals surface area contributed by atoms with E-state index in [1.54, 1.807) is 0 Å². The number of hydrogen-bond acceptors (Lipinski definition) is 5. The minimum absolute atomic E-state index is 0.0560. The van der Waals surface area contributed by atoms with Crippen molar-refractivity contribution in [2.24, 2.45) is 0 Å². The van der Waals surface area contributed by atoms with Gasteiger partial charge in [-0.3, -0.25) is 0 Å². The first-order valence-corrected chi connectivity index (χ1v) is 4.40. The second-order valence-electron chi connectivity index (χ2n) is 3.11. The van der Waals surface area contributed by atoms with Gasteiger partial charge < -0.3 is 20.1 Å². The molecule has 0 aliphatic heterocycles. The van der Waals surface area contributed by atoms with E-state index in [1.807, 2.05) is 0 Å². The Labute approximate surface area is 90.2 Å². The van der Waals surface area contributed by atoms with E-state index in [0.29, 0.717) is 0 Å². The standard InChI is InChI=1S/C10H9FN2O3/c1-15-5-2-7(11)9(8(14)3-5)6-4-13-16-10(6)12/h2-4,14H,12H2,1H3. The highest BCUT2D eigenvalue weighted by molar-refractivity contribution is 5.77. The minimum Gasteiger partial charge on any atom is -0.507 e. The van der Waals surface area contributed by atoms with Gasteiger partial charge in [0.15, 0.2) is 0 Å². The van der Waals surface area contributed by atoms with E-state index in [0.717, 1.165) is 6.07 Å². The average molecular weight is 224 g/mol. The first kappa shape index (κ1) is 10.3. The van der Waals surface area contributed by atoms with E-state index in [2.05, 4.69) is 9.68 Å². The Hall–Kier alpha value is -2.24. The summed E-state index contributed by atoms with van der Waals surface area (Å²) in [5.74, 6) is -0.786. The fraction of sp³-hybridized carbons (Fsp3) is 0.100. The predicted octanol–water partition coefficient (Wildman–Crippen LogP) is 1.78. The molecule has 0 bridgehead atoms. The van der Waals surface area contributed by atoms with E-state index in [4.69, 9.17) is 10.5 Å². The third-order valence-electron chi connectivity index (χ3n) is 2.15. The quantitative estimate of drug-likeness (QED) is 0.812. The van der Waals surface area contributed by atoms with Crippen molar-refractivity contribution in [2.45, 2.75) is 0 Å². The maximum Gasteiger partial charge on any atom is 0.230 e. The van der Waals surface area contributed by atoms with Gasteiger partial charge in [-0.05, 0) is 0 Å². The number of aromatic nitrogens is 1. The number of nitrogens with two attached hydrogens (primary N) is 1. The normalized spacial score (nSPS) is 10.4. The van der Waals surface area contributed by atoms with Gasteiger partial charge in [0.25, 0.3) is 0 Å². The molecule has 5 nitrogen and oxygen atoms in total. The van der Waals surface area contributed by atoms with E-state index >= 15 is 0 Å². The van der Waals surface area contributed by atoms with Crippen LogP contribution in [-0.2, 0) is 0 Å². The summed E-state index contributed by atoms with van der Waals surface area (Å²) in [4.78, 5) is 0. The summed E-state index contributed by atoms with van der Waals surface area (Å²) in [6, 6.07) is 2.42. The van der Waals surface area contributed by atoms with Gasteiger partial charge >= 0.3 is 0 Å². The number of nitrogens with zero attached hydrogens (tertiary/aromatic N) is 1. The van der Waals surface area contributed by atoms with Crippen molar-refractivity contribution < 1.29 is 18.8 Å². The average Bonchev–Trinajstić information content (AvgIpc) is 2.64. The van der Waals surface area contributed by atoms with Crippen molar-refractivity contribution in [3.63, 3.8) is 0 Å². The van der Waals surface area contributed by atoms with Crippen LogP contribution in [0.1, 0.15) is 0 Å². The fourth-order valence-corrected chi connectivity index (χ4v) is 1.39. The van der Waals surface area contributed by atoms with Crippen LogP contribution < -0.4 is 10.5 Å². The minimum atomic E-state index is -0.660. The van der Waals surface area contributed by atoms with Crippen LogP contribution in [0.5, 0.6) is 11.5 Å². The zero-order valence-electron chi connectivity index (χ0n) is 8.40. The van der Waals surface area contributed by atoms with Crippen LogP contribution in [-0.4, -0.2) is 17.4 Å². The van der Waals surface area contributed by atoms with E-state index in [-0.39, 0.29) is 28.5 Å². The Morgan fingerprint density at radius 3 is 2.75 bits per heavy atom. The van der Waals surface area contributed by atoms with Crippen LogP contribution in [0.3, 0.4) is 0 Å². The number of nitrogen functional groups attached to an aromatic ring is 1. The molecule has 0 fully saturated rings. The summed E-state index contributed by atoms with van der Waals surface area (Å²) in [6.45, 7) is 0. The number of halogens is 1. The van der Waals surface area contributed by atoms with Crippen LogP contribution >= 0.6 is 0 Å². The SMILES string of the molecule is COc1cc(O)c(-c2cnoc2N)c(F)c1. The van der Waals surface area contributed by atoms with E-state index < -0.39 is 5.82 Å². The molecule has 2 rings (SSSR count). The summed E-state index contributed by atoms with van der Waals surface area (Å²) >= 11 is 0. The molecule has 0 aliphatic carbocycles. The van der Waals surface area contributed by atoms with Crippen LogP contribution in [0, 0.1) is 5.82 Å². The number of ether oxygens (including phenoxy) is 1. The third kappa shape index (κ3) is 1.54. The molecule has 0 unspecified atom stereocenters. The maximum atomic E-state index is 13.7. The number of rotatable bonds is 2. The van der Waals surface area contributed by atoms with Gasteiger partial charge in [-0.25, -0.2) is 4.39 Å². The molecule has 2 aromatic rings. The van der Waals surface area contributed by atoms with Crippen LogP contribution in [0.4, 0.5) is 10.3 Å². The molecule has 0 saturated heterocycles. The van der Waals surface area contributed by atoms with Crippen molar-refractivity contribution in [3.8, 4) is 22.6 Å². The zero-order valence-corrected chi connectivity index (χ0v) is 8.40. The molecule has 1 heterocycles. The van der Waals surface area contributed by atoms with Crippen LogP contribution in [0.2, 0.25) is 0 Å². The highest BCUT2D eigenvalue weighted by Gasteiger charge is 2.17. The third-order valence-corrected chi connectivity index (χ3v) is 2.15. The largest absolute Gasteiger partial charge is 0.507 e. The first-order chi connectivity index (χ1) is 7.63. The summed E-state index contributed by atoms with van der Waals surface area (Å²) in [6.07, 6.45) is 1.24. The lowest BCUT2D eigenvalue weighted by Gasteiger charge is -2.06.